The van der Waals surface area contributed by atoms with Crippen molar-refractivity contribution in [2.24, 2.45) is 0 Å². The van der Waals surface area contributed by atoms with Gasteiger partial charge in [-0.3, -0.25) is 4.57 Å². The summed E-state index contributed by atoms with van der Waals surface area (Å²) in [6.45, 7) is 2.05. The van der Waals surface area contributed by atoms with Crippen molar-refractivity contribution in [3.8, 4) is 5.69 Å². The van der Waals surface area contributed by atoms with Crippen LogP contribution in [0.4, 0.5) is 0 Å². The highest BCUT2D eigenvalue weighted by molar-refractivity contribution is 6.33. The Morgan fingerprint density at radius 1 is 1.18 bits per heavy atom. The van der Waals surface area contributed by atoms with E-state index in [0.717, 1.165) is 11.3 Å². The van der Waals surface area contributed by atoms with Gasteiger partial charge in [-0.1, -0.05) is 23.7 Å². The topological polar surface area (TPSA) is 43.6 Å². The number of hydrogen-bond donors (Lipinski definition) is 0. The lowest BCUT2D eigenvalue weighted by Crippen LogP contribution is -1.94. The molecule has 3 aromatic rings. The summed E-state index contributed by atoms with van der Waals surface area (Å²) >= 11 is 5.96. The second-order valence-corrected chi connectivity index (χ2v) is 4.15. The second-order valence-electron chi connectivity index (χ2n) is 3.79. The number of imidazole rings is 1. The molecule has 0 bridgehead atoms. The maximum Gasteiger partial charge on any atom is 0.169 e. The first-order chi connectivity index (χ1) is 8.25. The number of aromatic nitrogens is 4. The molecule has 2 aromatic heterocycles. The van der Waals surface area contributed by atoms with Gasteiger partial charge >= 0.3 is 0 Å². The van der Waals surface area contributed by atoms with E-state index >= 15 is 0 Å². The van der Waals surface area contributed by atoms with Crippen LogP contribution in [0, 0.1) is 6.92 Å². The van der Waals surface area contributed by atoms with Crippen LogP contribution >= 0.6 is 11.6 Å². The summed E-state index contributed by atoms with van der Waals surface area (Å²) in [5.41, 5.74) is 3.54. The van der Waals surface area contributed by atoms with Crippen LogP contribution in [-0.4, -0.2) is 19.5 Å². The van der Waals surface area contributed by atoms with Crippen molar-refractivity contribution in [3.05, 3.63) is 47.6 Å². The van der Waals surface area contributed by atoms with Gasteiger partial charge in [-0.15, -0.1) is 0 Å². The Morgan fingerprint density at radius 2 is 2.06 bits per heavy atom. The molecule has 0 aliphatic heterocycles. The minimum atomic E-state index is 0.376. The van der Waals surface area contributed by atoms with Gasteiger partial charge in [0.2, 0.25) is 0 Å². The molecule has 3 rings (SSSR count). The minimum Gasteiger partial charge on any atom is -0.283 e. The van der Waals surface area contributed by atoms with E-state index in [2.05, 4.69) is 21.0 Å². The van der Waals surface area contributed by atoms with Crippen molar-refractivity contribution in [2.75, 3.05) is 0 Å². The van der Waals surface area contributed by atoms with E-state index in [0.29, 0.717) is 10.7 Å². The molecule has 4 nitrogen and oxygen atoms in total. The monoisotopic (exact) mass is 244 g/mol. The molecule has 0 spiro atoms. The standard InChI is InChI=1S/C12H9ClN4/c1-8-3-2-4-9(5-8)17-7-16-10-11(13)14-6-15-12(10)17/h2-7H,1H3. The molecule has 0 atom stereocenters. The van der Waals surface area contributed by atoms with Crippen LogP contribution in [0.1, 0.15) is 5.56 Å². The second kappa shape index (κ2) is 3.82. The van der Waals surface area contributed by atoms with Crippen molar-refractivity contribution >= 4 is 22.8 Å². The molecule has 1 aromatic carbocycles. The molecule has 2 heterocycles. The minimum absolute atomic E-state index is 0.376. The Kier molecular flexibility index (Phi) is 2.30. The maximum absolute atomic E-state index is 5.96. The Hall–Kier alpha value is -1.94. The van der Waals surface area contributed by atoms with Gasteiger partial charge in [-0.25, -0.2) is 15.0 Å². The highest BCUT2D eigenvalue weighted by Gasteiger charge is 2.09. The highest BCUT2D eigenvalue weighted by Crippen LogP contribution is 2.20. The first-order valence-electron chi connectivity index (χ1n) is 5.16. The lowest BCUT2D eigenvalue weighted by atomic mass is 10.2. The van der Waals surface area contributed by atoms with E-state index in [1.807, 2.05) is 29.7 Å². The number of rotatable bonds is 1. The zero-order valence-electron chi connectivity index (χ0n) is 9.13. The first-order valence-corrected chi connectivity index (χ1v) is 5.54. The third kappa shape index (κ3) is 1.66. The molecule has 0 radical (unpaired) electrons. The fourth-order valence-corrected chi connectivity index (χ4v) is 1.95. The van der Waals surface area contributed by atoms with Crippen LogP contribution in [-0.2, 0) is 0 Å². The van der Waals surface area contributed by atoms with E-state index in [1.165, 1.54) is 11.9 Å². The zero-order valence-corrected chi connectivity index (χ0v) is 9.89. The predicted octanol–water partition coefficient (Wildman–Crippen LogP) is 2.78. The predicted molar refractivity (Wildman–Crippen MR) is 66.4 cm³/mol. The fourth-order valence-electron chi connectivity index (χ4n) is 1.77. The zero-order chi connectivity index (χ0) is 11.8. The van der Waals surface area contributed by atoms with Crippen LogP contribution in [0.3, 0.4) is 0 Å². The number of benzene rings is 1. The summed E-state index contributed by atoms with van der Waals surface area (Å²) in [6, 6.07) is 8.12. The van der Waals surface area contributed by atoms with Gasteiger partial charge in [0.25, 0.3) is 0 Å². The third-order valence-corrected chi connectivity index (χ3v) is 2.85. The molecule has 0 N–H and O–H groups in total. The summed E-state index contributed by atoms with van der Waals surface area (Å²) in [4.78, 5) is 12.4. The van der Waals surface area contributed by atoms with Crippen LogP contribution in [0.5, 0.6) is 0 Å². The quantitative estimate of drug-likeness (QED) is 0.618. The number of nitrogens with zero attached hydrogens (tertiary/aromatic N) is 4. The number of aryl methyl sites for hydroxylation is 1. The molecule has 0 saturated heterocycles. The number of fused-ring (bicyclic) bond motifs is 1. The van der Waals surface area contributed by atoms with Crippen molar-refractivity contribution < 1.29 is 0 Å². The van der Waals surface area contributed by atoms with Gasteiger partial charge in [0.1, 0.15) is 18.2 Å². The lowest BCUT2D eigenvalue weighted by Gasteiger charge is -2.04. The van der Waals surface area contributed by atoms with Gasteiger partial charge in [0.05, 0.1) is 0 Å². The van der Waals surface area contributed by atoms with Gasteiger partial charge in [-0.2, -0.15) is 0 Å². The van der Waals surface area contributed by atoms with Crippen LogP contribution < -0.4 is 0 Å². The van der Waals surface area contributed by atoms with Gasteiger partial charge in [-0.05, 0) is 24.6 Å². The van der Waals surface area contributed by atoms with Crippen LogP contribution in [0.2, 0.25) is 5.15 Å². The fraction of sp³-hybridized carbons (Fsp3) is 0.0833. The Morgan fingerprint density at radius 3 is 2.88 bits per heavy atom. The van der Waals surface area contributed by atoms with Crippen molar-refractivity contribution in [1.82, 2.24) is 19.5 Å². The molecule has 0 amide bonds. The average Bonchev–Trinajstić information content (AvgIpc) is 2.74. The normalized spacial score (nSPS) is 10.9. The Labute approximate surface area is 103 Å². The van der Waals surface area contributed by atoms with Gasteiger partial charge in [0.15, 0.2) is 10.8 Å². The smallest absolute Gasteiger partial charge is 0.169 e. The molecule has 0 saturated carbocycles. The molecular formula is C12H9ClN4. The van der Waals surface area contributed by atoms with Crippen LogP contribution in [0.15, 0.2) is 36.9 Å². The van der Waals surface area contributed by atoms with Crippen molar-refractivity contribution in [3.63, 3.8) is 0 Å². The Bertz CT molecular complexity index is 690. The van der Waals surface area contributed by atoms with Gasteiger partial charge in [0, 0.05) is 5.69 Å². The lowest BCUT2D eigenvalue weighted by molar-refractivity contribution is 1.06. The van der Waals surface area contributed by atoms with Crippen molar-refractivity contribution in [2.45, 2.75) is 6.92 Å². The molecule has 17 heavy (non-hydrogen) atoms. The summed E-state index contributed by atoms with van der Waals surface area (Å²) < 4.78 is 1.90. The SMILES string of the molecule is Cc1cccc(-n2cnc3c(Cl)ncnc32)c1. The summed E-state index contributed by atoms with van der Waals surface area (Å²) in [7, 11) is 0. The van der Waals surface area contributed by atoms with E-state index in [9.17, 15) is 0 Å². The number of halogens is 1. The summed E-state index contributed by atoms with van der Waals surface area (Å²) in [5.74, 6) is 0. The van der Waals surface area contributed by atoms with E-state index in [4.69, 9.17) is 11.6 Å². The largest absolute Gasteiger partial charge is 0.283 e. The molecule has 0 unspecified atom stereocenters. The maximum atomic E-state index is 5.96. The van der Waals surface area contributed by atoms with Gasteiger partial charge < -0.3 is 0 Å². The molecule has 5 heteroatoms. The summed E-state index contributed by atoms with van der Waals surface area (Å²) in [6.07, 6.45) is 3.15. The van der Waals surface area contributed by atoms with E-state index in [1.54, 1.807) is 6.33 Å². The van der Waals surface area contributed by atoms with Crippen LogP contribution in [0.25, 0.3) is 16.9 Å². The first kappa shape index (κ1) is 10.2. The third-order valence-electron chi connectivity index (χ3n) is 2.57. The van der Waals surface area contributed by atoms with E-state index < -0.39 is 0 Å². The molecule has 0 aliphatic carbocycles. The Balaban J connectivity index is 2.28. The average molecular weight is 245 g/mol. The number of hydrogen-bond acceptors (Lipinski definition) is 3. The summed E-state index contributed by atoms with van der Waals surface area (Å²) in [5, 5.41) is 0.376. The van der Waals surface area contributed by atoms with Crippen molar-refractivity contribution in [1.29, 1.82) is 0 Å². The van der Waals surface area contributed by atoms with E-state index in [-0.39, 0.29) is 0 Å². The highest BCUT2D eigenvalue weighted by atomic mass is 35.5. The molecular weight excluding hydrogens is 236 g/mol. The molecule has 0 aliphatic rings. The molecule has 84 valence electrons. The molecule has 0 fully saturated rings.